The number of nitro benzene ring substituents is 1. The molecule has 7 nitrogen and oxygen atoms in total. The largest absolute Gasteiger partial charge is 0.494 e. The summed E-state index contributed by atoms with van der Waals surface area (Å²) in [5.74, 6) is 0.539. The molecule has 2 rings (SSSR count). The van der Waals surface area contributed by atoms with Crippen molar-refractivity contribution in [1.82, 2.24) is 5.32 Å². The summed E-state index contributed by atoms with van der Waals surface area (Å²) >= 11 is 0. The molecule has 102 valence electrons. The zero-order valence-corrected chi connectivity index (χ0v) is 10.5. The quantitative estimate of drug-likeness (QED) is 0.615. The molecular formula is C12H15N3O4. The van der Waals surface area contributed by atoms with E-state index in [0.29, 0.717) is 18.0 Å². The van der Waals surface area contributed by atoms with Crippen LogP contribution in [0.25, 0.3) is 0 Å². The lowest BCUT2D eigenvalue weighted by molar-refractivity contribution is -0.384. The number of hydrogen-bond acceptors (Lipinski definition) is 5. The number of carbonyl (C=O) groups excluding carboxylic acids is 1. The van der Waals surface area contributed by atoms with Gasteiger partial charge in [0.25, 0.3) is 5.69 Å². The molecule has 2 N–H and O–H groups in total. The van der Waals surface area contributed by atoms with Crippen LogP contribution in [0.1, 0.15) is 6.42 Å². The molecule has 1 aliphatic heterocycles. The van der Waals surface area contributed by atoms with Crippen LogP contribution in [0.5, 0.6) is 5.75 Å². The van der Waals surface area contributed by atoms with Crippen molar-refractivity contribution in [3.8, 4) is 5.75 Å². The molecule has 1 aromatic carbocycles. The van der Waals surface area contributed by atoms with Crippen molar-refractivity contribution in [2.75, 3.05) is 25.5 Å². The van der Waals surface area contributed by atoms with Crippen molar-refractivity contribution in [2.24, 2.45) is 5.92 Å². The molecule has 7 heteroatoms. The van der Waals surface area contributed by atoms with Crippen molar-refractivity contribution in [3.05, 3.63) is 28.3 Å². The molecule has 19 heavy (non-hydrogen) atoms. The predicted octanol–water partition coefficient (Wildman–Crippen LogP) is 1.15. The molecule has 0 radical (unpaired) electrons. The third-order valence-electron chi connectivity index (χ3n) is 3.01. The second-order valence-electron chi connectivity index (χ2n) is 4.42. The highest BCUT2D eigenvalue weighted by Gasteiger charge is 2.21. The summed E-state index contributed by atoms with van der Waals surface area (Å²) in [6.07, 6.45) is 0.438. The van der Waals surface area contributed by atoms with Gasteiger partial charge in [-0.3, -0.25) is 14.9 Å². The third-order valence-corrected chi connectivity index (χ3v) is 3.01. The number of anilines is 1. The van der Waals surface area contributed by atoms with E-state index in [1.54, 1.807) is 0 Å². The van der Waals surface area contributed by atoms with Crippen molar-refractivity contribution in [1.29, 1.82) is 0 Å². The zero-order chi connectivity index (χ0) is 13.8. The number of rotatable bonds is 5. The highest BCUT2D eigenvalue weighted by Crippen LogP contribution is 2.29. The number of methoxy groups -OCH3 is 1. The zero-order valence-electron chi connectivity index (χ0n) is 10.5. The van der Waals surface area contributed by atoms with Gasteiger partial charge in [-0.25, -0.2) is 0 Å². The average molecular weight is 265 g/mol. The molecule has 0 atom stereocenters. The molecular weight excluding hydrogens is 250 g/mol. The first-order valence-electron chi connectivity index (χ1n) is 5.93. The van der Waals surface area contributed by atoms with E-state index in [1.165, 1.54) is 25.3 Å². The van der Waals surface area contributed by atoms with Crippen LogP contribution in [0.2, 0.25) is 0 Å². The number of hydrogen-bond donors (Lipinski definition) is 2. The molecule has 0 unspecified atom stereocenters. The Hall–Kier alpha value is -2.15. The van der Waals surface area contributed by atoms with Crippen LogP contribution in [0.3, 0.4) is 0 Å². The number of nitro groups is 1. The Bertz CT molecular complexity index is 500. The first-order valence-corrected chi connectivity index (χ1v) is 5.93. The van der Waals surface area contributed by atoms with Gasteiger partial charge in [0.2, 0.25) is 5.91 Å². The number of non-ortho nitro benzene ring substituents is 1. The monoisotopic (exact) mass is 265 g/mol. The van der Waals surface area contributed by atoms with E-state index >= 15 is 0 Å². The molecule has 1 aromatic rings. The molecule has 1 heterocycles. The van der Waals surface area contributed by atoms with Crippen molar-refractivity contribution in [2.45, 2.75) is 6.42 Å². The number of nitrogens with zero attached hydrogens (tertiary/aromatic N) is 1. The maximum atomic E-state index is 11.8. The molecule has 0 bridgehead atoms. The Balaban J connectivity index is 2.06. The van der Waals surface area contributed by atoms with Crippen LogP contribution in [0.4, 0.5) is 11.4 Å². The van der Waals surface area contributed by atoms with E-state index in [2.05, 4.69) is 10.6 Å². The number of amides is 1. The van der Waals surface area contributed by atoms with Gasteiger partial charge in [0, 0.05) is 12.5 Å². The standard InChI is InChI=1S/C12H15N3O4/c1-19-11-5-9(15(17)18)2-3-10(11)14-12(16)4-8-6-13-7-8/h2-3,5,8,13H,4,6-7H2,1H3,(H,14,16). The summed E-state index contributed by atoms with van der Waals surface area (Å²) in [4.78, 5) is 21.9. The van der Waals surface area contributed by atoms with Gasteiger partial charge in [0.05, 0.1) is 23.8 Å². The Kier molecular flexibility index (Phi) is 3.96. The number of ether oxygens (including phenoxy) is 1. The lowest BCUT2D eigenvalue weighted by Crippen LogP contribution is -2.43. The van der Waals surface area contributed by atoms with E-state index in [9.17, 15) is 14.9 Å². The van der Waals surface area contributed by atoms with Gasteiger partial charge in [0.15, 0.2) is 0 Å². The van der Waals surface area contributed by atoms with Crippen LogP contribution < -0.4 is 15.4 Å². The van der Waals surface area contributed by atoms with Gasteiger partial charge in [0.1, 0.15) is 5.75 Å². The highest BCUT2D eigenvalue weighted by atomic mass is 16.6. The summed E-state index contributed by atoms with van der Waals surface area (Å²) in [7, 11) is 1.41. The Labute approximate surface area is 110 Å². The van der Waals surface area contributed by atoms with Crippen molar-refractivity contribution >= 4 is 17.3 Å². The first-order chi connectivity index (χ1) is 9.10. The topological polar surface area (TPSA) is 93.5 Å². The van der Waals surface area contributed by atoms with Crippen molar-refractivity contribution in [3.63, 3.8) is 0 Å². The van der Waals surface area contributed by atoms with Gasteiger partial charge in [-0.2, -0.15) is 0 Å². The molecule has 0 saturated carbocycles. The molecule has 0 aromatic heterocycles. The average Bonchev–Trinajstić information content (AvgIpc) is 2.34. The van der Waals surface area contributed by atoms with E-state index < -0.39 is 4.92 Å². The smallest absolute Gasteiger partial charge is 0.273 e. The SMILES string of the molecule is COc1cc([N+](=O)[O-])ccc1NC(=O)CC1CNC1. The van der Waals surface area contributed by atoms with Crippen LogP contribution in [-0.2, 0) is 4.79 Å². The maximum absolute atomic E-state index is 11.8. The van der Waals surface area contributed by atoms with Crippen LogP contribution in [0.15, 0.2) is 18.2 Å². The fourth-order valence-corrected chi connectivity index (χ4v) is 1.85. The van der Waals surface area contributed by atoms with Crippen LogP contribution >= 0.6 is 0 Å². The second kappa shape index (κ2) is 5.66. The minimum absolute atomic E-state index is 0.0713. The maximum Gasteiger partial charge on any atom is 0.273 e. The number of carbonyl (C=O) groups is 1. The summed E-state index contributed by atoms with van der Waals surface area (Å²) in [5, 5.41) is 16.5. The summed E-state index contributed by atoms with van der Waals surface area (Å²) in [5.41, 5.74) is 0.378. The summed E-state index contributed by atoms with van der Waals surface area (Å²) in [6.45, 7) is 1.70. The first kappa shape index (κ1) is 13.3. The second-order valence-corrected chi connectivity index (χ2v) is 4.42. The summed E-state index contributed by atoms with van der Waals surface area (Å²) in [6, 6.07) is 4.11. The van der Waals surface area contributed by atoms with Gasteiger partial charge < -0.3 is 15.4 Å². The van der Waals surface area contributed by atoms with Crippen LogP contribution in [-0.4, -0.2) is 31.0 Å². The van der Waals surface area contributed by atoms with Crippen LogP contribution in [0, 0.1) is 16.0 Å². The van der Waals surface area contributed by atoms with Gasteiger partial charge in [-0.05, 0) is 25.1 Å². The lowest BCUT2D eigenvalue weighted by atomic mass is 9.99. The normalized spacial score (nSPS) is 14.6. The minimum atomic E-state index is -0.506. The Morgan fingerprint density at radius 3 is 2.84 bits per heavy atom. The number of nitrogens with one attached hydrogen (secondary N) is 2. The lowest BCUT2D eigenvalue weighted by Gasteiger charge is -2.26. The highest BCUT2D eigenvalue weighted by molar-refractivity contribution is 5.92. The fourth-order valence-electron chi connectivity index (χ4n) is 1.85. The molecule has 0 spiro atoms. The van der Waals surface area contributed by atoms with E-state index in [-0.39, 0.29) is 17.3 Å². The van der Waals surface area contributed by atoms with Gasteiger partial charge >= 0.3 is 0 Å². The molecule has 0 aliphatic carbocycles. The fraction of sp³-hybridized carbons (Fsp3) is 0.417. The van der Waals surface area contributed by atoms with E-state index in [1.807, 2.05) is 0 Å². The summed E-state index contributed by atoms with van der Waals surface area (Å²) < 4.78 is 5.05. The minimum Gasteiger partial charge on any atom is -0.494 e. The molecule has 1 saturated heterocycles. The Morgan fingerprint density at radius 2 is 2.32 bits per heavy atom. The molecule has 1 amide bonds. The Morgan fingerprint density at radius 1 is 1.58 bits per heavy atom. The van der Waals surface area contributed by atoms with Crippen molar-refractivity contribution < 1.29 is 14.5 Å². The number of benzene rings is 1. The van der Waals surface area contributed by atoms with Gasteiger partial charge in [-0.1, -0.05) is 0 Å². The molecule has 1 aliphatic rings. The predicted molar refractivity (Wildman–Crippen MR) is 69.3 cm³/mol. The molecule has 1 fully saturated rings. The van der Waals surface area contributed by atoms with E-state index in [0.717, 1.165) is 13.1 Å². The third kappa shape index (κ3) is 3.19. The van der Waals surface area contributed by atoms with E-state index in [4.69, 9.17) is 4.74 Å². The van der Waals surface area contributed by atoms with Gasteiger partial charge in [-0.15, -0.1) is 0 Å².